The van der Waals surface area contributed by atoms with E-state index >= 15 is 0 Å². The number of nitrogen functional groups attached to an aromatic ring is 1. The number of benzene rings is 1. The summed E-state index contributed by atoms with van der Waals surface area (Å²) in [6.45, 7) is 1.10. The highest BCUT2D eigenvalue weighted by atomic mass is 32.1. The van der Waals surface area contributed by atoms with Crippen molar-refractivity contribution >= 4 is 27.1 Å². The third-order valence-electron chi connectivity index (χ3n) is 2.40. The molecule has 0 aliphatic carbocycles. The van der Waals surface area contributed by atoms with Crippen molar-refractivity contribution < 1.29 is 0 Å². The van der Waals surface area contributed by atoms with Gasteiger partial charge in [-0.2, -0.15) is 0 Å². The fourth-order valence-electron chi connectivity index (χ4n) is 1.57. The van der Waals surface area contributed by atoms with Crippen LogP contribution in [0.2, 0.25) is 0 Å². The Balaban J connectivity index is 2.23. The summed E-state index contributed by atoms with van der Waals surface area (Å²) in [6, 6.07) is 8.37. The summed E-state index contributed by atoms with van der Waals surface area (Å²) < 4.78 is 1.33. The Morgan fingerprint density at radius 3 is 2.80 bits per heavy atom. The van der Waals surface area contributed by atoms with Crippen LogP contribution in [0.5, 0.6) is 0 Å². The molecule has 0 saturated carbocycles. The normalized spacial score (nSPS) is 11.4. The van der Waals surface area contributed by atoms with Crippen molar-refractivity contribution in [3.63, 3.8) is 0 Å². The first-order valence-corrected chi connectivity index (χ1v) is 5.89. The topological polar surface area (TPSA) is 29.3 Å². The Morgan fingerprint density at radius 2 is 2.07 bits per heavy atom. The van der Waals surface area contributed by atoms with E-state index in [1.54, 1.807) is 0 Å². The van der Waals surface area contributed by atoms with E-state index in [-0.39, 0.29) is 0 Å². The number of fused-ring (bicyclic) bond motifs is 1. The van der Waals surface area contributed by atoms with E-state index in [4.69, 9.17) is 5.73 Å². The third kappa shape index (κ3) is 2.49. The highest BCUT2D eigenvalue weighted by Crippen LogP contribution is 2.27. The molecule has 0 saturated heterocycles. The fourth-order valence-corrected chi connectivity index (χ4v) is 2.61. The van der Waals surface area contributed by atoms with Crippen LogP contribution in [0.25, 0.3) is 10.1 Å². The smallest absolute Gasteiger partial charge is 0.0347 e. The Labute approximate surface area is 94.3 Å². The Bertz CT molecular complexity index is 460. The Morgan fingerprint density at radius 1 is 1.27 bits per heavy atom. The van der Waals surface area contributed by atoms with Gasteiger partial charge in [-0.25, -0.2) is 0 Å². The predicted molar refractivity (Wildman–Crippen MR) is 68.5 cm³/mol. The van der Waals surface area contributed by atoms with Crippen LogP contribution in [-0.2, 0) is 6.42 Å². The van der Waals surface area contributed by atoms with Crippen LogP contribution in [0.3, 0.4) is 0 Å². The molecule has 2 nitrogen and oxygen atoms in total. The molecule has 0 radical (unpaired) electrons. The van der Waals surface area contributed by atoms with Crippen LogP contribution in [0, 0.1) is 0 Å². The van der Waals surface area contributed by atoms with Gasteiger partial charge in [-0.1, -0.05) is 0 Å². The SMILES string of the molecule is CN(C)CCc1cc2cc(N)ccc2s1. The summed E-state index contributed by atoms with van der Waals surface area (Å²) in [4.78, 5) is 3.64. The lowest BCUT2D eigenvalue weighted by Crippen LogP contribution is -2.14. The number of nitrogens with two attached hydrogens (primary N) is 1. The zero-order valence-corrected chi connectivity index (χ0v) is 9.97. The summed E-state index contributed by atoms with van der Waals surface area (Å²) >= 11 is 1.87. The molecule has 0 bridgehead atoms. The van der Waals surface area contributed by atoms with Gasteiger partial charge in [0.05, 0.1) is 0 Å². The summed E-state index contributed by atoms with van der Waals surface area (Å²) in [5, 5.41) is 1.27. The second-order valence-electron chi connectivity index (χ2n) is 4.06. The van der Waals surface area contributed by atoms with E-state index in [9.17, 15) is 0 Å². The molecule has 2 N–H and O–H groups in total. The van der Waals surface area contributed by atoms with Gasteiger partial charge >= 0.3 is 0 Å². The number of thiophene rings is 1. The average molecular weight is 220 g/mol. The molecule has 80 valence electrons. The Kier molecular flexibility index (Phi) is 2.93. The van der Waals surface area contributed by atoms with Crippen molar-refractivity contribution in [3.05, 3.63) is 29.1 Å². The molecular formula is C12H16N2S. The van der Waals surface area contributed by atoms with Crippen molar-refractivity contribution in [3.8, 4) is 0 Å². The van der Waals surface area contributed by atoms with Crippen molar-refractivity contribution in [1.82, 2.24) is 4.90 Å². The number of likely N-dealkylation sites (N-methyl/N-ethyl adjacent to an activating group) is 1. The quantitative estimate of drug-likeness (QED) is 0.806. The molecule has 0 amide bonds. The highest BCUT2D eigenvalue weighted by Gasteiger charge is 2.02. The first kappa shape index (κ1) is 10.5. The molecule has 15 heavy (non-hydrogen) atoms. The van der Waals surface area contributed by atoms with Gasteiger partial charge < -0.3 is 10.6 Å². The first-order valence-electron chi connectivity index (χ1n) is 5.08. The molecule has 0 spiro atoms. The second-order valence-corrected chi connectivity index (χ2v) is 5.23. The van der Waals surface area contributed by atoms with Crippen LogP contribution >= 0.6 is 11.3 Å². The molecule has 1 aromatic heterocycles. The maximum Gasteiger partial charge on any atom is 0.0347 e. The van der Waals surface area contributed by atoms with E-state index in [1.807, 2.05) is 23.5 Å². The standard InChI is InChI=1S/C12H16N2S/c1-14(2)6-5-11-8-9-7-10(13)3-4-12(9)15-11/h3-4,7-8H,5-6,13H2,1-2H3. The molecule has 0 unspecified atom stereocenters. The minimum Gasteiger partial charge on any atom is -0.399 e. The molecule has 1 heterocycles. The van der Waals surface area contributed by atoms with Gasteiger partial charge in [0.15, 0.2) is 0 Å². The van der Waals surface area contributed by atoms with Crippen LogP contribution in [0.15, 0.2) is 24.3 Å². The molecule has 3 heteroatoms. The second kappa shape index (κ2) is 4.21. The third-order valence-corrected chi connectivity index (χ3v) is 3.57. The molecule has 0 fully saturated rings. The number of anilines is 1. The van der Waals surface area contributed by atoms with Gasteiger partial charge in [0.2, 0.25) is 0 Å². The summed E-state index contributed by atoms with van der Waals surface area (Å²) in [5.74, 6) is 0. The van der Waals surface area contributed by atoms with Gasteiger partial charge in [0.25, 0.3) is 0 Å². The van der Waals surface area contributed by atoms with Crippen molar-refractivity contribution in [1.29, 1.82) is 0 Å². The first-order chi connectivity index (χ1) is 7.15. The van der Waals surface area contributed by atoms with Crippen molar-refractivity contribution in [2.24, 2.45) is 0 Å². The maximum atomic E-state index is 5.75. The largest absolute Gasteiger partial charge is 0.399 e. The zero-order valence-electron chi connectivity index (χ0n) is 9.16. The lowest BCUT2D eigenvalue weighted by atomic mass is 10.2. The Hall–Kier alpha value is -1.06. The summed E-state index contributed by atoms with van der Waals surface area (Å²) in [7, 11) is 4.20. The van der Waals surface area contributed by atoms with E-state index in [2.05, 4.69) is 31.1 Å². The van der Waals surface area contributed by atoms with Gasteiger partial charge in [0, 0.05) is 21.8 Å². The lowest BCUT2D eigenvalue weighted by Gasteiger charge is -2.06. The minimum atomic E-state index is 0.847. The van der Waals surface area contributed by atoms with E-state index in [1.165, 1.54) is 15.0 Å². The molecule has 0 aliphatic rings. The van der Waals surface area contributed by atoms with Crippen LogP contribution in [0.1, 0.15) is 4.88 Å². The van der Waals surface area contributed by atoms with E-state index < -0.39 is 0 Å². The number of hydrogen-bond donors (Lipinski definition) is 1. The highest BCUT2D eigenvalue weighted by molar-refractivity contribution is 7.19. The minimum absolute atomic E-state index is 0.847. The van der Waals surface area contributed by atoms with Gasteiger partial charge in [-0.15, -0.1) is 11.3 Å². The molecular weight excluding hydrogens is 204 g/mol. The summed E-state index contributed by atoms with van der Waals surface area (Å²) in [6.07, 6.45) is 1.12. The number of nitrogens with zero attached hydrogens (tertiary/aromatic N) is 1. The molecule has 1 aromatic carbocycles. The predicted octanol–water partition coefficient (Wildman–Crippen LogP) is 2.59. The molecule has 0 aliphatic heterocycles. The maximum absolute atomic E-state index is 5.75. The van der Waals surface area contributed by atoms with Crippen molar-refractivity contribution in [2.45, 2.75) is 6.42 Å². The molecule has 2 aromatic rings. The number of rotatable bonds is 3. The van der Waals surface area contributed by atoms with Crippen LogP contribution < -0.4 is 5.73 Å². The van der Waals surface area contributed by atoms with Gasteiger partial charge in [-0.3, -0.25) is 0 Å². The van der Waals surface area contributed by atoms with Gasteiger partial charge in [-0.05, 0) is 50.2 Å². The fraction of sp³-hybridized carbons (Fsp3) is 0.333. The lowest BCUT2D eigenvalue weighted by molar-refractivity contribution is 0.415. The van der Waals surface area contributed by atoms with Crippen molar-refractivity contribution in [2.75, 3.05) is 26.4 Å². The molecule has 0 atom stereocenters. The number of hydrogen-bond acceptors (Lipinski definition) is 3. The monoisotopic (exact) mass is 220 g/mol. The molecule has 2 rings (SSSR count). The van der Waals surface area contributed by atoms with E-state index in [0.29, 0.717) is 0 Å². The van der Waals surface area contributed by atoms with E-state index in [0.717, 1.165) is 18.7 Å². The average Bonchev–Trinajstić information content (AvgIpc) is 2.56. The summed E-state index contributed by atoms with van der Waals surface area (Å²) in [5.41, 5.74) is 6.60. The zero-order chi connectivity index (χ0) is 10.8. The van der Waals surface area contributed by atoms with Crippen LogP contribution in [0.4, 0.5) is 5.69 Å². The van der Waals surface area contributed by atoms with Gasteiger partial charge in [0.1, 0.15) is 0 Å². The van der Waals surface area contributed by atoms with Crippen LogP contribution in [-0.4, -0.2) is 25.5 Å².